The zero-order chi connectivity index (χ0) is 27.2. The fourth-order valence-electron chi connectivity index (χ4n) is 5.43. The molecule has 2 aromatic heterocycles. The molecule has 4 bridgehead atoms. The molecule has 0 fully saturated rings. The summed E-state index contributed by atoms with van der Waals surface area (Å²) in [6, 6.07) is 48.3. The van der Waals surface area contributed by atoms with Crippen LogP contribution in [0, 0.1) is 0 Å². The number of hydrogen-bond donors (Lipinski definition) is 0. The fraction of sp³-hybridized carbons (Fsp3) is 0. The molecule has 0 nitrogen and oxygen atoms in total. The van der Waals surface area contributed by atoms with Gasteiger partial charge in [-0.15, -0.1) is 88.6 Å². The van der Waals surface area contributed by atoms with E-state index in [-0.39, 0.29) is 51.0 Å². The third kappa shape index (κ3) is 6.88. The minimum atomic E-state index is -0.560. The van der Waals surface area contributed by atoms with Crippen LogP contribution in [-0.4, -0.2) is 0 Å². The van der Waals surface area contributed by atoms with E-state index >= 15 is 0 Å². The van der Waals surface area contributed by atoms with Crippen molar-refractivity contribution in [3.8, 4) is 16.4 Å². The minimum Gasteiger partial charge on any atom is -1.00 e. The molecule has 0 saturated carbocycles. The maximum atomic E-state index is 3.73. The van der Waals surface area contributed by atoms with Gasteiger partial charge in [-0.3, -0.25) is 0 Å². The van der Waals surface area contributed by atoms with Crippen LogP contribution in [-0.2, 0) is 26.2 Å². The first-order valence-corrected chi connectivity index (χ1v) is 16.7. The maximum absolute atomic E-state index is 3.73. The van der Waals surface area contributed by atoms with Crippen LogP contribution >= 0.6 is 55.3 Å². The fourth-order valence-corrected chi connectivity index (χ4v) is 9.04. The molecule has 1 unspecified atom stereocenters. The average Bonchev–Trinajstić information content (AvgIpc) is 3.65. The molecule has 210 valence electrons. The third-order valence-electron chi connectivity index (χ3n) is 7.40. The van der Waals surface area contributed by atoms with Crippen molar-refractivity contribution >= 4 is 97.9 Å². The standard InChI is InChI=1S/C21H12Br2P.C15H10Br.2ClH.Zr/c22-15-3-7-17(8-4-15)24-16-5-1-13(2-6-16)14-11-18-19(12-14)21(24)10-9-20(18)23;16-15-8-4-7-12-9-13(10-14(12)15)11-5-2-1-3-6-11;;;/h1-12H;1-10H;2*1H;/q2*-1;;;+4/p-2. The summed E-state index contributed by atoms with van der Waals surface area (Å²) < 4.78 is 3.46. The number of rotatable bonds is 2. The van der Waals surface area contributed by atoms with Crippen LogP contribution in [0.3, 0.4) is 0 Å². The quantitative estimate of drug-likeness (QED) is 0.160. The van der Waals surface area contributed by atoms with Gasteiger partial charge in [0.05, 0.1) is 0 Å². The SMILES string of the molecule is Brc1ccc(-p2c3ccc(cc3)c3cc4c([cH-]3)c(Br)ccc42)cc1.Brc1cccc2cc(-c3ccccc3)[cH-]c12.[Cl-].[Cl-].[Zr+4]. The van der Waals surface area contributed by atoms with Crippen molar-refractivity contribution in [1.82, 2.24) is 0 Å². The van der Waals surface area contributed by atoms with E-state index < -0.39 is 7.53 Å². The Labute approximate surface area is 309 Å². The third-order valence-corrected chi connectivity index (χ3v) is 11.8. The van der Waals surface area contributed by atoms with E-state index in [0.29, 0.717) is 0 Å². The van der Waals surface area contributed by atoms with Crippen LogP contribution in [0.1, 0.15) is 0 Å². The van der Waals surface area contributed by atoms with Gasteiger partial charge in [0.15, 0.2) is 0 Å². The molecule has 0 spiro atoms. The Morgan fingerprint density at radius 3 is 1.95 bits per heavy atom. The molecule has 7 heteroatoms. The maximum Gasteiger partial charge on any atom is 4.00 e. The van der Waals surface area contributed by atoms with Gasteiger partial charge in [-0.25, -0.2) is 0 Å². The van der Waals surface area contributed by atoms with E-state index in [0.717, 1.165) is 8.95 Å². The Balaban J connectivity index is 0.000000197. The zero-order valence-corrected chi connectivity index (χ0v) is 32.2. The molecule has 0 aliphatic heterocycles. The molecular formula is C36H22Br3Cl2PZr. The predicted molar refractivity (Wildman–Crippen MR) is 187 cm³/mol. The van der Waals surface area contributed by atoms with Crippen molar-refractivity contribution in [2.24, 2.45) is 0 Å². The van der Waals surface area contributed by atoms with Gasteiger partial charge in [0.25, 0.3) is 0 Å². The minimum absolute atomic E-state index is 0. The Hall–Kier alpha value is -1.48. The first-order valence-electron chi connectivity index (χ1n) is 13.0. The van der Waals surface area contributed by atoms with Crippen LogP contribution < -0.4 is 24.8 Å². The second kappa shape index (κ2) is 14.7. The number of fused-ring (bicyclic) bond motifs is 3. The predicted octanol–water partition coefficient (Wildman–Crippen LogP) is 7.36. The van der Waals surface area contributed by atoms with Gasteiger partial charge >= 0.3 is 26.2 Å². The number of benzene rings is 5. The summed E-state index contributed by atoms with van der Waals surface area (Å²) in [7, 11) is -0.560. The summed E-state index contributed by atoms with van der Waals surface area (Å²) in [5, 5.41) is 12.1. The van der Waals surface area contributed by atoms with Gasteiger partial charge < -0.3 is 24.8 Å². The first kappa shape index (κ1) is 34.4. The van der Waals surface area contributed by atoms with Crippen LogP contribution in [0.4, 0.5) is 0 Å². The van der Waals surface area contributed by atoms with Crippen molar-refractivity contribution in [3.05, 3.63) is 147 Å². The summed E-state index contributed by atoms with van der Waals surface area (Å²) >= 11 is 10.9. The Kier molecular flexibility index (Phi) is 11.8. The van der Waals surface area contributed by atoms with E-state index in [1.807, 2.05) is 6.07 Å². The Morgan fingerprint density at radius 1 is 0.558 bits per heavy atom. The van der Waals surface area contributed by atoms with E-state index in [4.69, 9.17) is 0 Å². The van der Waals surface area contributed by atoms with Gasteiger partial charge in [-0.05, 0) is 48.8 Å². The summed E-state index contributed by atoms with van der Waals surface area (Å²) in [6.45, 7) is 0. The summed E-state index contributed by atoms with van der Waals surface area (Å²) in [4.78, 5) is 0. The molecule has 0 saturated heterocycles. The molecule has 0 radical (unpaired) electrons. The second-order valence-corrected chi connectivity index (χ2v) is 14.7. The topological polar surface area (TPSA) is 0 Å². The Morgan fingerprint density at radius 2 is 1.26 bits per heavy atom. The molecule has 1 atom stereocenters. The van der Waals surface area contributed by atoms with Gasteiger partial charge in [0.1, 0.15) is 0 Å². The molecule has 2 heterocycles. The van der Waals surface area contributed by atoms with Crippen LogP contribution in [0.2, 0.25) is 0 Å². The van der Waals surface area contributed by atoms with Gasteiger partial charge in [0, 0.05) is 4.47 Å². The van der Waals surface area contributed by atoms with Crippen molar-refractivity contribution in [3.63, 3.8) is 0 Å². The van der Waals surface area contributed by atoms with E-state index in [1.54, 1.807) is 0 Å². The van der Waals surface area contributed by atoms with Crippen LogP contribution in [0.25, 0.3) is 59.0 Å². The van der Waals surface area contributed by atoms with E-state index in [9.17, 15) is 0 Å². The van der Waals surface area contributed by atoms with Gasteiger partial charge in [-0.2, -0.15) is 0 Å². The molecule has 0 amide bonds. The van der Waals surface area contributed by atoms with Crippen molar-refractivity contribution in [2.45, 2.75) is 0 Å². The normalized spacial score (nSPS) is 11.0. The molecule has 9 rings (SSSR count). The molecule has 9 aromatic rings. The summed E-state index contributed by atoms with van der Waals surface area (Å²) in [5.41, 5.74) is 2.55. The van der Waals surface area contributed by atoms with Crippen LogP contribution in [0.15, 0.2) is 147 Å². The number of halogens is 5. The van der Waals surface area contributed by atoms with Crippen molar-refractivity contribution in [2.75, 3.05) is 0 Å². The van der Waals surface area contributed by atoms with Gasteiger partial charge in [0.2, 0.25) is 0 Å². The molecule has 0 aliphatic rings. The molecule has 7 aromatic carbocycles. The summed E-state index contributed by atoms with van der Waals surface area (Å²) in [5.74, 6) is 0. The van der Waals surface area contributed by atoms with E-state index in [1.165, 1.54) is 63.5 Å². The summed E-state index contributed by atoms with van der Waals surface area (Å²) in [6.07, 6.45) is 0. The largest absolute Gasteiger partial charge is 4.00 e. The first-order chi connectivity index (χ1) is 19.5. The van der Waals surface area contributed by atoms with E-state index in [2.05, 4.69) is 175 Å². The smallest absolute Gasteiger partial charge is 1.00 e. The van der Waals surface area contributed by atoms with Crippen molar-refractivity contribution < 1.29 is 51.0 Å². The Bertz CT molecular complexity index is 2130. The molecule has 0 aliphatic carbocycles. The monoisotopic (exact) mass is 882 g/mol. The van der Waals surface area contributed by atoms with Crippen molar-refractivity contribution in [1.29, 1.82) is 0 Å². The van der Waals surface area contributed by atoms with Gasteiger partial charge in [-0.1, -0.05) is 119 Å². The average molecular weight is 887 g/mol. The molecule has 0 N–H and O–H groups in total. The molecular weight excluding hydrogens is 865 g/mol. The van der Waals surface area contributed by atoms with Crippen LogP contribution in [0.5, 0.6) is 0 Å². The molecule has 43 heavy (non-hydrogen) atoms. The zero-order valence-electron chi connectivity index (χ0n) is 22.5. The second-order valence-electron chi connectivity index (χ2n) is 9.85. The number of hydrogen-bond acceptors (Lipinski definition) is 0.